The van der Waals surface area contributed by atoms with Crippen LogP contribution >= 0.6 is 0 Å². The number of aliphatic hydroxyl groups is 1. The van der Waals surface area contributed by atoms with Crippen LogP contribution in [0, 0.1) is 25.7 Å². The van der Waals surface area contributed by atoms with Gasteiger partial charge in [0.15, 0.2) is 0 Å². The predicted molar refractivity (Wildman–Crippen MR) is 191 cm³/mol. The highest BCUT2D eigenvalue weighted by molar-refractivity contribution is 6.05. The molecule has 3 heterocycles. The minimum atomic E-state index is -1.20. The van der Waals surface area contributed by atoms with Crippen molar-refractivity contribution in [3.8, 4) is 0 Å². The molecule has 2 bridgehead atoms. The van der Waals surface area contributed by atoms with E-state index in [0.29, 0.717) is 50.6 Å². The Morgan fingerprint density at radius 3 is 2.58 bits per heavy atom. The molecular formula is C40H51N3O7. The Hall–Kier alpha value is -4.28. The van der Waals surface area contributed by atoms with Crippen LogP contribution in [0.15, 0.2) is 73.8 Å². The normalized spacial score (nSPS) is 24.7. The Bertz CT molecular complexity index is 1580. The van der Waals surface area contributed by atoms with Crippen LogP contribution < -0.4 is 10.2 Å². The molecule has 0 radical (unpaired) electrons. The summed E-state index contributed by atoms with van der Waals surface area (Å²) < 4.78 is 13.0. The van der Waals surface area contributed by atoms with Gasteiger partial charge in [0, 0.05) is 31.8 Å². The lowest BCUT2D eigenvalue weighted by molar-refractivity contribution is -0.162. The van der Waals surface area contributed by atoms with Gasteiger partial charge in [0.05, 0.1) is 24.0 Å². The van der Waals surface area contributed by atoms with Crippen LogP contribution in [0.1, 0.15) is 74.7 Å². The number of nitrogens with zero attached hydrogens (tertiary/aromatic N) is 2. The first-order valence-corrected chi connectivity index (χ1v) is 17.8. The molecule has 3 fully saturated rings. The fourth-order valence-corrected chi connectivity index (χ4v) is 8.05. The number of esters is 1. The van der Waals surface area contributed by atoms with E-state index in [4.69, 9.17) is 9.47 Å². The molecule has 0 saturated carbocycles. The molecule has 10 nitrogen and oxygen atoms in total. The summed E-state index contributed by atoms with van der Waals surface area (Å²) in [6, 6.07) is 13.6. The zero-order chi connectivity index (χ0) is 36.0. The molecule has 5 rings (SSSR count). The number of hydrogen-bond donors (Lipinski definition) is 2. The van der Waals surface area contributed by atoms with Gasteiger partial charge in [-0.3, -0.25) is 19.2 Å². The number of aryl methyl sites for hydroxylation is 2. The molecule has 2 N–H and O–H groups in total. The fourth-order valence-electron chi connectivity index (χ4n) is 8.05. The smallest absolute Gasteiger partial charge is 0.313 e. The van der Waals surface area contributed by atoms with E-state index in [1.807, 2.05) is 62.4 Å². The van der Waals surface area contributed by atoms with E-state index in [2.05, 4.69) is 18.5 Å². The number of hydrogen-bond acceptors (Lipinski definition) is 7. The van der Waals surface area contributed by atoms with Gasteiger partial charge in [-0.1, -0.05) is 54.6 Å². The second-order valence-electron chi connectivity index (χ2n) is 13.9. The number of carbonyl (C=O) groups is 4. The topological polar surface area (TPSA) is 125 Å². The lowest BCUT2D eigenvalue weighted by atomic mass is 9.70. The summed E-state index contributed by atoms with van der Waals surface area (Å²) >= 11 is 0. The third kappa shape index (κ3) is 7.28. The highest BCUT2D eigenvalue weighted by Crippen LogP contribution is 2.59. The van der Waals surface area contributed by atoms with Crippen LogP contribution in [0.5, 0.6) is 0 Å². The number of likely N-dealkylation sites (tertiary alicyclic amines) is 1. The maximum absolute atomic E-state index is 14.9. The maximum atomic E-state index is 14.9. The monoisotopic (exact) mass is 685 g/mol. The Labute approximate surface area is 295 Å². The van der Waals surface area contributed by atoms with Crippen molar-refractivity contribution in [1.29, 1.82) is 0 Å². The predicted octanol–water partition coefficient (Wildman–Crippen LogP) is 5.12. The van der Waals surface area contributed by atoms with Crippen molar-refractivity contribution in [2.75, 3.05) is 24.6 Å². The Morgan fingerprint density at radius 1 is 1.12 bits per heavy atom. The van der Waals surface area contributed by atoms with Crippen LogP contribution in [0.2, 0.25) is 0 Å². The van der Waals surface area contributed by atoms with Gasteiger partial charge in [-0.15, -0.1) is 13.2 Å². The first-order chi connectivity index (χ1) is 24.1. The van der Waals surface area contributed by atoms with Crippen LogP contribution in [-0.4, -0.2) is 77.2 Å². The Balaban J connectivity index is 1.48. The van der Waals surface area contributed by atoms with E-state index in [-0.39, 0.29) is 37.3 Å². The Kier molecular flexibility index (Phi) is 12.0. The highest BCUT2D eigenvalue weighted by atomic mass is 16.6. The molecule has 3 saturated heterocycles. The summed E-state index contributed by atoms with van der Waals surface area (Å²) in [5.41, 5.74) is 2.15. The lowest BCUT2D eigenvalue weighted by Gasteiger charge is -2.37. The summed E-state index contributed by atoms with van der Waals surface area (Å²) in [5, 5.41) is 12.4. The van der Waals surface area contributed by atoms with Crippen molar-refractivity contribution >= 4 is 29.4 Å². The number of carbonyl (C=O) groups excluding carboxylic acids is 4. The van der Waals surface area contributed by atoms with Crippen LogP contribution in [-0.2, 0) is 28.7 Å². The lowest BCUT2D eigenvalue weighted by Crippen LogP contribution is -2.56. The van der Waals surface area contributed by atoms with Gasteiger partial charge in [-0.2, -0.15) is 0 Å². The first kappa shape index (κ1) is 37.0. The number of benzene rings is 2. The number of allylic oxidation sites excluding steroid dienone is 1. The molecule has 3 amide bonds. The van der Waals surface area contributed by atoms with Crippen LogP contribution in [0.3, 0.4) is 0 Å². The molecule has 7 atom stereocenters. The minimum absolute atomic E-state index is 0.0387. The number of ether oxygens (including phenoxy) is 2. The molecule has 1 spiro atoms. The molecule has 0 unspecified atom stereocenters. The molecule has 3 aliphatic heterocycles. The second-order valence-corrected chi connectivity index (χ2v) is 13.9. The molecule has 0 aliphatic carbocycles. The number of anilines is 1. The maximum Gasteiger partial charge on any atom is 0.313 e. The molecule has 50 heavy (non-hydrogen) atoms. The van der Waals surface area contributed by atoms with Crippen molar-refractivity contribution in [2.24, 2.45) is 11.8 Å². The zero-order valence-electron chi connectivity index (χ0n) is 29.5. The standard InChI is InChI=1S/C40H51N3O7/c1-6-8-17-32(45)41-28(5)35(29-15-11-9-12-16-29)49-39(48)33-31-20-21-40(50-31)34(33)37(46)43(23-13-10-14-24-44)36(40)38(47)42(22-7-2)30-25-26(3)18-19-27(30)4/h6-7,9,11-12,15-16,18-19,25,28,31,33-36,44H,1-2,8,10,13-14,17,20-24H2,3-5H3,(H,41,45)/t28-,31+,33-,34-,35-,36+,40-/m1/s1. The van der Waals surface area contributed by atoms with Crippen molar-refractivity contribution < 1.29 is 33.8 Å². The number of amides is 3. The number of aliphatic hydroxyl groups excluding tert-OH is 1. The van der Waals surface area contributed by atoms with Crippen molar-refractivity contribution in [2.45, 2.75) is 95.6 Å². The SMILES string of the molecule is C=CCCC(=O)N[C@H](C)[C@@H](OC(=O)[C@@H]1[C@@H]2CC[C@]3(O2)[C@H](C(=O)N(CC=C)c2cc(C)ccc2C)N(CCCCCO)C(=O)[C@@H]13)c1ccccc1. The van der Waals surface area contributed by atoms with Gasteiger partial charge < -0.3 is 29.7 Å². The van der Waals surface area contributed by atoms with Gasteiger partial charge in [-0.05, 0) is 82.1 Å². The summed E-state index contributed by atoms with van der Waals surface area (Å²) in [6.45, 7) is 13.9. The number of nitrogens with one attached hydrogen (secondary N) is 1. The minimum Gasteiger partial charge on any atom is -0.455 e. The summed E-state index contributed by atoms with van der Waals surface area (Å²) in [6.07, 6.45) is 5.51. The van der Waals surface area contributed by atoms with Gasteiger partial charge in [0.25, 0.3) is 5.91 Å². The fraction of sp³-hybridized carbons (Fsp3) is 0.500. The summed E-state index contributed by atoms with van der Waals surface area (Å²) in [5.74, 6) is -3.16. The molecule has 10 heteroatoms. The number of unbranched alkanes of at least 4 members (excludes halogenated alkanes) is 2. The highest BCUT2D eigenvalue weighted by Gasteiger charge is 2.75. The van der Waals surface area contributed by atoms with E-state index in [9.17, 15) is 24.3 Å². The molecule has 0 aromatic heterocycles. The zero-order valence-corrected chi connectivity index (χ0v) is 29.5. The number of rotatable bonds is 17. The van der Waals surface area contributed by atoms with Gasteiger partial charge >= 0.3 is 5.97 Å². The van der Waals surface area contributed by atoms with E-state index in [1.54, 1.807) is 28.9 Å². The summed E-state index contributed by atoms with van der Waals surface area (Å²) in [4.78, 5) is 59.8. The van der Waals surface area contributed by atoms with Crippen molar-refractivity contribution in [3.05, 3.63) is 90.5 Å². The third-order valence-corrected chi connectivity index (χ3v) is 10.4. The number of fused-ring (bicyclic) bond motifs is 1. The van der Waals surface area contributed by atoms with E-state index >= 15 is 0 Å². The summed E-state index contributed by atoms with van der Waals surface area (Å²) in [7, 11) is 0. The molecule has 2 aromatic carbocycles. The Morgan fingerprint density at radius 2 is 1.88 bits per heavy atom. The van der Waals surface area contributed by atoms with Crippen LogP contribution in [0.25, 0.3) is 0 Å². The van der Waals surface area contributed by atoms with Crippen LogP contribution in [0.4, 0.5) is 5.69 Å². The molecule has 2 aromatic rings. The first-order valence-electron chi connectivity index (χ1n) is 17.8. The average molecular weight is 686 g/mol. The molecule has 268 valence electrons. The van der Waals surface area contributed by atoms with Crippen molar-refractivity contribution in [3.63, 3.8) is 0 Å². The van der Waals surface area contributed by atoms with E-state index in [0.717, 1.165) is 16.8 Å². The largest absolute Gasteiger partial charge is 0.455 e. The van der Waals surface area contributed by atoms with Gasteiger partial charge in [-0.25, -0.2) is 0 Å². The van der Waals surface area contributed by atoms with Crippen molar-refractivity contribution in [1.82, 2.24) is 10.2 Å². The van der Waals surface area contributed by atoms with E-state index in [1.165, 1.54) is 0 Å². The second kappa shape index (κ2) is 16.2. The van der Waals surface area contributed by atoms with Gasteiger partial charge in [0.1, 0.15) is 17.7 Å². The quantitative estimate of drug-likeness (QED) is 0.135. The molecule has 3 aliphatic rings. The van der Waals surface area contributed by atoms with E-state index < -0.39 is 47.7 Å². The average Bonchev–Trinajstić information content (AvgIpc) is 3.75. The molecular weight excluding hydrogens is 634 g/mol. The third-order valence-electron chi connectivity index (χ3n) is 10.4. The van der Waals surface area contributed by atoms with Gasteiger partial charge in [0.2, 0.25) is 11.8 Å².